The SMILES string of the molecule is CCC(C)C(C)NC1CCCC(C2CC2)C1. The van der Waals surface area contributed by atoms with Crippen LogP contribution >= 0.6 is 0 Å². The Balaban J connectivity index is 1.75. The van der Waals surface area contributed by atoms with E-state index in [9.17, 15) is 0 Å². The molecule has 4 unspecified atom stereocenters. The molecule has 0 saturated heterocycles. The van der Waals surface area contributed by atoms with E-state index in [-0.39, 0.29) is 0 Å². The van der Waals surface area contributed by atoms with Crippen LogP contribution in [0.5, 0.6) is 0 Å². The fourth-order valence-corrected chi connectivity index (χ4v) is 3.26. The van der Waals surface area contributed by atoms with E-state index in [0.717, 1.165) is 23.8 Å². The maximum Gasteiger partial charge on any atom is 0.00723 e. The highest BCUT2D eigenvalue weighted by Crippen LogP contribution is 2.43. The smallest absolute Gasteiger partial charge is 0.00723 e. The van der Waals surface area contributed by atoms with E-state index in [2.05, 4.69) is 26.1 Å². The molecule has 0 bridgehead atoms. The zero-order valence-corrected chi connectivity index (χ0v) is 11.3. The average Bonchev–Trinajstić information content (AvgIpc) is 3.12. The van der Waals surface area contributed by atoms with Gasteiger partial charge in [0.2, 0.25) is 0 Å². The first-order chi connectivity index (χ1) is 7.70. The summed E-state index contributed by atoms with van der Waals surface area (Å²) in [4.78, 5) is 0. The molecule has 1 heteroatoms. The van der Waals surface area contributed by atoms with Gasteiger partial charge in [0.1, 0.15) is 0 Å². The monoisotopic (exact) mass is 223 g/mol. The first-order valence-corrected chi connectivity index (χ1v) is 7.46. The van der Waals surface area contributed by atoms with E-state index in [1.807, 2.05) is 0 Å². The van der Waals surface area contributed by atoms with Gasteiger partial charge in [0.15, 0.2) is 0 Å². The number of nitrogens with one attached hydrogen (secondary N) is 1. The lowest BCUT2D eigenvalue weighted by atomic mass is 9.82. The summed E-state index contributed by atoms with van der Waals surface area (Å²) >= 11 is 0. The van der Waals surface area contributed by atoms with Gasteiger partial charge in [-0.25, -0.2) is 0 Å². The molecule has 0 radical (unpaired) electrons. The predicted molar refractivity (Wildman–Crippen MR) is 70.5 cm³/mol. The Hall–Kier alpha value is -0.0400. The Morgan fingerprint density at radius 1 is 1.06 bits per heavy atom. The third kappa shape index (κ3) is 3.23. The van der Waals surface area contributed by atoms with Gasteiger partial charge in [-0.1, -0.05) is 33.1 Å². The zero-order valence-electron chi connectivity index (χ0n) is 11.3. The van der Waals surface area contributed by atoms with E-state index in [1.165, 1.54) is 44.9 Å². The van der Waals surface area contributed by atoms with Gasteiger partial charge in [-0.15, -0.1) is 0 Å². The summed E-state index contributed by atoms with van der Waals surface area (Å²) in [5, 5.41) is 3.88. The van der Waals surface area contributed by atoms with Gasteiger partial charge in [0.05, 0.1) is 0 Å². The Labute approximate surface area is 101 Å². The molecule has 0 aromatic rings. The highest BCUT2D eigenvalue weighted by molar-refractivity contribution is 4.88. The average molecular weight is 223 g/mol. The van der Waals surface area contributed by atoms with Gasteiger partial charge in [-0.05, 0) is 50.4 Å². The largest absolute Gasteiger partial charge is 0.311 e. The molecular formula is C15H29N. The summed E-state index contributed by atoms with van der Waals surface area (Å²) in [7, 11) is 0. The van der Waals surface area contributed by atoms with Crippen molar-refractivity contribution in [3.8, 4) is 0 Å². The molecule has 4 atom stereocenters. The zero-order chi connectivity index (χ0) is 11.5. The second-order valence-electron chi connectivity index (χ2n) is 6.30. The van der Waals surface area contributed by atoms with Crippen LogP contribution in [0.3, 0.4) is 0 Å². The van der Waals surface area contributed by atoms with E-state index < -0.39 is 0 Å². The Kier molecular flexibility index (Phi) is 4.29. The summed E-state index contributed by atoms with van der Waals surface area (Å²) in [6.45, 7) is 7.05. The van der Waals surface area contributed by atoms with Crippen LogP contribution in [0, 0.1) is 17.8 Å². The van der Waals surface area contributed by atoms with Gasteiger partial charge in [-0.2, -0.15) is 0 Å². The molecule has 2 rings (SSSR count). The number of hydrogen-bond acceptors (Lipinski definition) is 1. The highest BCUT2D eigenvalue weighted by atomic mass is 15.0. The third-order valence-corrected chi connectivity index (χ3v) is 5.00. The van der Waals surface area contributed by atoms with Crippen molar-refractivity contribution in [2.45, 2.75) is 77.8 Å². The fourth-order valence-electron chi connectivity index (χ4n) is 3.26. The van der Waals surface area contributed by atoms with Crippen molar-refractivity contribution in [1.82, 2.24) is 5.32 Å². The molecule has 0 heterocycles. The molecule has 0 aromatic carbocycles. The van der Waals surface area contributed by atoms with E-state index in [0.29, 0.717) is 6.04 Å². The van der Waals surface area contributed by atoms with Crippen molar-refractivity contribution < 1.29 is 0 Å². The minimum absolute atomic E-state index is 0.702. The van der Waals surface area contributed by atoms with Gasteiger partial charge in [-0.3, -0.25) is 0 Å². The lowest BCUT2D eigenvalue weighted by Crippen LogP contribution is -2.42. The molecule has 2 saturated carbocycles. The van der Waals surface area contributed by atoms with Gasteiger partial charge in [0, 0.05) is 12.1 Å². The molecule has 0 aliphatic heterocycles. The van der Waals surface area contributed by atoms with Crippen molar-refractivity contribution in [2.75, 3.05) is 0 Å². The molecule has 1 nitrogen and oxygen atoms in total. The quantitative estimate of drug-likeness (QED) is 0.743. The molecule has 1 N–H and O–H groups in total. The molecule has 2 aliphatic carbocycles. The number of hydrogen-bond donors (Lipinski definition) is 1. The molecule has 2 aliphatic rings. The van der Waals surface area contributed by atoms with E-state index in [4.69, 9.17) is 0 Å². The van der Waals surface area contributed by atoms with E-state index in [1.54, 1.807) is 0 Å². The normalized spacial score (nSPS) is 34.7. The molecular weight excluding hydrogens is 194 g/mol. The van der Waals surface area contributed by atoms with Crippen LogP contribution in [0.15, 0.2) is 0 Å². The molecule has 0 aromatic heterocycles. The summed E-state index contributed by atoms with van der Waals surface area (Å²) in [5.74, 6) is 3.00. The third-order valence-electron chi connectivity index (χ3n) is 5.00. The van der Waals surface area contributed by atoms with Gasteiger partial charge < -0.3 is 5.32 Å². The molecule has 0 amide bonds. The highest BCUT2D eigenvalue weighted by Gasteiger charge is 2.34. The van der Waals surface area contributed by atoms with Crippen LogP contribution in [-0.4, -0.2) is 12.1 Å². The summed E-state index contributed by atoms with van der Waals surface area (Å²) < 4.78 is 0. The van der Waals surface area contributed by atoms with Crippen molar-refractivity contribution >= 4 is 0 Å². The second kappa shape index (κ2) is 5.53. The van der Waals surface area contributed by atoms with Crippen LogP contribution in [0.4, 0.5) is 0 Å². The van der Waals surface area contributed by atoms with Gasteiger partial charge >= 0.3 is 0 Å². The van der Waals surface area contributed by atoms with Crippen molar-refractivity contribution in [3.63, 3.8) is 0 Å². The maximum atomic E-state index is 3.88. The molecule has 2 fully saturated rings. The predicted octanol–water partition coefficient (Wildman–Crippen LogP) is 3.98. The standard InChI is InChI=1S/C15H29N/c1-4-11(2)12(3)16-15-7-5-6-14(10-15)13-8-9-13/h11-16H,4-10H2,1-3H3. The number of rotatable bonds is 5. The minimum Gasteiger partial charge on any atom is -0.311 e. The summed E-state index contributed by atoms with van der Waals surface area (Å²) in [6, 6.07) is 1.52. The van der Waals surface area contributed by atoms with Crippen molar-refractivity contribution in [2.24, 2.45) is 17.8 Å². The molecule has 94 valence electrons. The van der Waals surface area contributed by atoms with Crippen LogP contribution < -0.4 is 5.32 Å². The van der Waals surface area contributed by atoms with Crippen LogP contribution in [0.25, 0.3) is 0 Å². The Morgan fingerprint density at radius 3 is 2.44 bits per heavy atom. The van der Waals surface area contributed by atoms with Crippen LogP contribution in [-0.2, 0) is 0 Å². The first-order valence-electron chi connectivity index (χ1n) is 7.46. The lowest BCUT2D eigenvalue weighted by Gasteiger charge is -2.33. The lowest BCUT2D eigenvalue weighted by molar-refractivity contribution is 0.231. The Bertz CT molecular complexity index is 209. The minimum atomic E-state index is 0.702. The second-order valence-corrected chi connectivity index (χ2v) is 6.30. The van der Waals surface area contributed by atoms with E-state index >= 15 is 0 Å². The summed E-state index contributed by atoms with van der Waals surface area (Å²) in [5.41, 5.74) is 0. The van der Waals surface area contributed by atoms with Gasteiger partial charge in [0.25, 0.3) is 0 Å². The molecule has 0 spiro atoms. The van der Waals surface area contributed by atoms with Crippen molar-refractivity contribution in [1.29, 1.82) is 0 Å². The fraction of sp³-hybridized carbons (Fsp3) is 1.00. The topological polar surface area (TPSA) is 12.0 Å². The van der Waals surface area contributed by atoms with Crippen molar-refractivity contribution in [3.05, 3.63) is 0 Å². The Morgan fingerprint density at radius 2 is 1.81 bits per heavy atom. The summed E-state index contributed by atoms with van der Waals surface area (Å²) in [6.07, 6.45) is 10.2. The maximum absolute atomic E-state index is 3.88. The van der Waals surface area contributed by atoms with Crippen LogP contribution in [0.1, 0.15) is 65.7 Å². The first kappa shape index (κ1) is 12.4. The molecule has 16 heavy (non-hydrogen) atoms. The van der Waals surface area contributed by atoms with Crippen LogP contribution in [0.2, 0.25) is 0 Å².